The van der Waals surface area contributed by atoms with Gasteiger partial charge in [0.1, 0.15) is 19.5 Å². The molecule has 4 aromatic heterocycles. The molecule has 0 fully saturated rings. The van der Waals surface area contributed by atoms with Crippen molar-refractivity contribution >= 4 is 78.1 Å². The standard InChI is InChI=1S/C53H36N4OSi.Pt/c1-53(2)45-23-10-12-25-48(45)58-50-46(53)29-28-42-43-22-14-30-54-52(43)57(49(42)50)35-15-13-20-38(33-35)59(36-16-5-3-6-17-36,37-18-7-4-8-19-37)39-26-27-40-41-21-9-11-24-47(41)56-32-31-55-51(56)44(40)34-39;/h3-32H,1-2H3;/q-2;+2. The number of pyridine rings is 2. The predicted octanol–water partition coefficient (Wildman–Crippen LogP) is 9.54. The average Bonchev–Trinajstić information content (AvgIpc) is 3.92. The van der Waals surface area contributed by atoms with Crippen molar-refractivity contribution in [3.05, 3.63) is 206 Å². The molecule has 12 rings (SSSR count). The smallest absolute Gasteiger partial charge is 0.454 e. The van der Waals surface area contributed by atoms with Crippen LogP contribution < -0.4 is 25.5 Å². The number of rotatable bonds is 5. The summed E-state index contributed by atoms with van der Waals surface area (Å²) in [4.78, 5) is 9.98. The first-order valence-electron chi connectivity index (χ1n) is 20.1. The van der Waals surface area contributed by atoms with Gasteiger partial charge < -0.3 is 13.7 Å². The fourth-order valence-electron chi connectivity index (χ4n) is 9.88. The summed E-state index contributed by atoms with van der Waals surface area (Å²) >= 11 is 0. The number of benzene rings is 7. The minimum Gasteiger partial charge on any atom is -0.454 e. The van der Waals surface area contributed by atoms with E-state index >= 15 is 0 Å². The minimum absolute atomic E-state index is 0. The Morgan fingerprint density at radius 3 is 2.05 bits per heavy atom. The monoisotopic (exact) mass is 967 g/mol. The number of imidazole rings is 1. The number of aromatic nitrogens is 4. The van der Waals surface area contributed by atoms with Crippen LogP contribution in [0.2, 0.25) is 0 Å². The molecule has 11 aromatic rings. The molecule has 288 valence electrons. The molecular formula is C53H36N4OPtSi. The van der Waals surface area contributed by atoms with Crippen LogP contribution in [0.4, 0.5) is 0 Å². The third-order valence-electron chi connectivity index (χ3n) is 12.6. The topological polar surface area (TPSA) is 44.4 Å². The van der Waals surface area contributed by atoms with Gasteiger partial charge >= 0.3 is 21.1 Å². The van der Waals surface area contributed by atoms with Crippen LogP contribution in [-0.2, 0) is 26.5 Å². The van der Waals surface area contributed by atoms with Crippen molar-refractivity contribution in [1.82, 2.24) is 18.9 Å². The molecule has 1 aliphatic heterocycles. The van der Waals surface area contributed by atoms with E-state index in [0.29, 0.717) is 0 Å². The summed E-state index contributed by atoms with van der Waals surface area (Å²) in [5.74, 6) is 1.74. The van der Waals surface area contributed by atoms with Crippen LogP contribution in [0.5, 0.6) is 11.5 Å². The largest absolute Gasteiger partial charge is 2.00 e. The molecule has 0 bridgehead atoms. The first-order valence-corrected chi connectivity index (χ1v) is 22.1. The maximum Gasteiger partial charge on any atom is 2.00 e. The summed E-state index contributed by atoms with van der Waals surface area (Å²) in [5.41, 5.74) is 6.82. The van der Waals surface area contributed by atoms with Gasteiger partial charge in [0.2, 0.25) is 0 Å². The first kappa shape index (κ1) is 36.5. The van der Waals surface area contributed by atoms with Gasteiger partial charge in [0.25, 0.3) is 0 Å². The Balaban J connectivity index is 0.00000408. The Kier molecular flexibility index (Phi) is 8.35. The van der Waals surface area contributed by atoms with Gasteiger partial charge in [-0.25, -0.2) is 4.98 Å². The van der Waals surface area contributed by atoms with Crippen molar-refractivity contribution in [3.63, 3.8) is 0 Å². The molecule has 0 unspecified atom stereocenters. The third kappa shape index (κ3) is 5.08. The first-order chi connectivity index (χ1) is 29.0. The van der Waals surface area contributed by atoms with Crippen LogP contribution in [0, 0.1) is 12.1 Å². The van der Waals surface area contributed by atoms with E-state index in [2.05, 4.69) is 199 Å². The Morgan fingerprint density at radius 1 is 0.550 bits per heavy atom. The maximum absolute atomic E-state index is 6.96. The fourth-order valence-corrected chi connectivity index (χ4v) is 14.4. The van der Waals surface area contributed by atoms with Crippen LogP contribution in [0.15, 0.2) is 182 Å². The second-order valence-corrected chi connectivity index (χ2v) is 19.7. The molecule has 7 heteroatoms. The number of hydrogen-bond acceptors (Lipinski definition) is 3. The van der Waals surface area contributed by atoms with Gasteiger partial charge in [-0.2, -0.15) is 23.4 Å². The number of para-hydroxylation sites is 2. The van der Waals surface area contributed by atoms with E-state index in [0.717, 1.165) is 77.0 Å². The second-order valence-electron chi connectivity index (χ2n) is 16.0. The van der Waals surface area contributed by atoms with Gasteiger partial charge in [-0.3, -0.25) is 4.98 Å². The molecule has 0 aliphatic carbocycles. The number of ether oxygens (including phenoxy) is 1. The summed E-state index contributed by atoms with van der Waals surface area (Å²) in [6, 6.07) is 67.0. The van der Waals surface area contributed by atoms with E-state index in [1.165, 1.54) is 21.3 Å². The van der Waals surface area contributed by atoms with Gasteiger partial charge in [0.05, 0.1) is 11.2 Å². The van der Waals surface area contributed by atoms with Crippen molar-refractivity contribution in [2.45, 2.75) is 19.3 Å². The molecular weight excluding hydrogens is 932 g/mol. The normalized spacial score (nSPS) is 13.3. The summed E-state index contributed by atoms with van der Waals surface area (Å²) < 4.78 is 11.4. The van der Waals surface area contributed by atoms with Gasteiger partial charge in [0, 0.05) is 51.4 Å². The Bertz CT molecular complexity index is 3430. The van der Waals surface area contributed by atoms with E-state index < -0.39 is 8.07 Å². The van der Waals surface area contributed by atoms with Crippen molar-refractivity contribution in [1.29, 1.82) is 0 Å². The molecule has 0 radical (unpaired) electrons. The van der Waals surface area contributed by atoms with E-state index in [9.17, 15) is 0 Å². The van der Waals surface area contributed by atoms with Crippen LogP contribution >= 0.6 is 0 Å². The zero-order valence-corrected chi connectivity index (χ0v) is 36.1. The fraction of sp³-hybridized carbons (Fsp3) is 0.0566. The van der Waals surface area contributed by atoms with Crippen LogP contribution in [-0.4, -0.2) is 27.0 Å². The summed E-state index contributed by atoms with van der Waals surface area (Å²) in [6.45, 7) is 4.58. The number of nitrogens with zero attached hydrogens (tertiary/aromatic N) is 4. The molecule has 1 aliphatic rings. The Morgan fingerprint density at radius 2 is 1.23 bits per heavy atom. The van der Waals surface area contributed by atoms with Gasteiger partial charge in [-0.05, 0) is 40.0 Å². The van der Waals surface area contributed by atoms with Crippen LogP contribution in [0.3, 0.4) is 0 Å². The summed E-state index contributed by atoms with van der Waals surface area (Å²) in [5, 5.41) is 10.2. The van der Waals surface area contributed by atoms with Crippen LogP contribution in [0.25, 0.3) is 54.9 Å². The van der Waals surface area contributed by atoms with Crippen molar-refractivity contribution in [3.8, 4) is 17.2 Å². The van der Waals surface area contributed by atoms with Crippen molar-refractivity contribution < 1.29 is 25.8 Å². The molecule has 0 saturated heterocycles. The zero-order valence-electron chi connectivity index (χ0n) is 32.8. The second kappa shape index (κ2) is 13.7. The molecule has 60 heavy (non-hydrogen) atoms. The molecule has 0 N–H and O–H groups in total. The van der Waals surface area contributed by atoms with E-state index in [1.807, 2.05) is 18.5 Å². The van der Waals surface area contributed by atoms with E-state index in [-0.39, 0.29) is 26.5 Å². The molecule has 0 saturated carbocycles. The number of hydrogen-bond donors (Lipinski definition) is 0. The average molecular weight is 968 g/mol. The van der Waals surface area contributed by atoms with Gasteiger partial charge in [0.15, 0.2) is 5.75 Å². The number of fused-ring (bicyclic) bond motifs is 12. The quantitative estimate of drug-likeness (QED) is 0.0748. The van der Waals surface area contributed by atoms with E-state index in [4.69, 9.17) is 14.7 Å². The summed E-state index contributed by atoms with van der Waals surface area (Å²) in [7, 11) is -3.14. The molecule has 0 spiro atoms. The third-order valence-corrected chi connectivity index (χ3v) is 17.2. The van der Waals surface area contributed by atoms with Gasteiger partial charge in [-0.1, -0.05) is 134 Å². The molecule has 7 aromatic carbocycles. The minimum atomic E-state index is -3.14. The van der Waals surface area contributed by atoms with E-state index in [1.54, 1.807) is 0 Å². The molecule has 0 atom stereocenters. The molecule has 5 nitrogen and oxygen atoms in total. The van der Waals surface area contributed by atoms with Crippen molar-refractivity contribution in [2.75, 3.05) is 0 Å². The maximum atomic E-state index is 6.96. The molecule has 5 heterocycles. The van der Waals surface area contributed by atoms with Gasteiger partial charge in [-0.15, -0.1) is 34.8 Å². The van der Waals surface area contributed by atoms with Crippen LogP contribution in [0.1, 0.15) is 25.0 Å². The Labute approximate surface area is 362 Å². The Hall–Kier alpha value is -6.59. The predicted molar refractivity (Wildman–Crippen MR) is 242 cm³/mol. The summed E-state index contributed by atoms with van der Waals surface area (Å²) in [6.07, 6.45) is 5.82. The zero-order chi connectivity index (χ0) is 39.3. The molecule has 0 amide bonds. The SMILES string of the molecule is CC1(C)c2ccccc2Oc2c1ccc1c3cccnc3n(-c3[c-]c([Si](c4[c-]c5c(cc4)c4ccccc4n4ccnc54)(c4ccccc4)c4ccccc4)ccc3)c21.[Pt+2]. The van der Waals surface area contributed by atoms with Crippen molar-refractivity contribution in [2.24, 2.45) is 0 Å².